The molecule has 9 nitrogen and oxygen atoms in total. The second-order valence-corrected chi connectivity index (χ2v) is 8.97. The fraction of sp³-hybridized carbons (Fsp3) is 0.500. The van der Waals surface area contributed by atoms with E-state index in [1.54, 1.807) is 0 Å². The molecule has 1 aromatic heterocycles. The number of hydrogen-bond acceptors (Lipinski definition) is 8. The van der Waals surface area contributed by atoms with Crippen LogP contribution in [0.5, 0.6) is 5.75 Å². The zero-order valence-electron chi connectivity index (χ0n) is 21.4. The summed E-state index contributed by atoms with van der Waals surface area (Å²) in [6.07, 6.45) is -4.38. The van der Waals surface area contributed by atoms with Crippen molar-refractivity contribution < 1.29 is 45.8 Å². The number of carboxylic acid groups (broad SMARTS) is 1. The normalized spacial score (nSPS) is 17.5. The van der Waals surface area contributed by atoms with Gasteiger partial charge in [-0.1, -0.05) is 0 Å². The SMILES string of the molecule is Cc1cnc(N[C@H]2CC[C@@H](NCC(=O)c3ccc(OC(F)(F)F)cc3)CC2)nc1N(C)C.O=C(O)C(F)(F)F. The van der Waals surface area contributed by atoms with Crippen LogP contribution in [0.1, 0.15) is 41.6 Å². The molecule has 0 bridgehead atoms. The van der Waals surface area contributed by atoms with Crippen molar-refractivity contribution in [2.45, 2.75) is 57.2 Å². The molecule has 3 rings (SSSR count). The summed E-state index contributed by atoms with van der Waals surface area (Å²) in [4.78, 5) is 32.1. The molecule has 1 fully saturated rings. The molecule has 1 aliphatic carbocycles. The molecule has 1 aromatic carbocycles. The van der Waals surface area contributed by atoms with Crippen molar-refractivity contribution in [1.29, 1.82) is 0 Å². The van der Waals surface area contributed by atoms with Gasteiger partial charge in [-0.2, -0.15) is 18.2 Å². The number of carbonyl (C=O) groups is 2. The zero-order chi connectivity index (χ0) is 29.4. The number of rotatable bonds is 8. The maximum Gasteiger partial charge on any atom is 0.573 e. The Morgan fingerprint density at radius 1 is 1.03 bits per heavy atom. The lowest BCUT2D eigenvalue weighted by molar-refractivity contribution is -0.274. The van der Waals surface area contributed by atoms with Gasteiger partial charge in [0.15, 0.2) is 5.78 Å². The Kier molecular flexibility index (Phi) is 10.9. The summed E-state index contributed by atoms with van der Waals surface area (Å²) < 4.78 is 72.2. The van der Waals surface area contributed by atoms with Crippen molar-refractivity contribution in [2.75, 3.05) is 30.9 Å². The molecule has 216 valence electrons. The molecule has 1 heterocycles. The zero-order valence-corrected chi connectivity index (χ0v) is 21.4. The van der Waals surface area contributed by atoms with E-state index in [0.29, 0.717) is 11.5 Å². The summed E-state index contributed by atoms with van der Waals surface area (Å²) in [5.74, 6) is -1.78. The lowest BCUT2D eigenvalue weighted by Gasteiger charge is -2.30. The molecule has 3 N–H and O–H groups in total. The van der Waals surface area contributed by atoms with E-state index >= 15 is 0 Å². The van der Waals surface area contributed by atoms with Crippen LogP contribution >= 0.6 is 0 Å². The van der Waals surface area contributed by atoms with Crippen molar-refractivity contribution in [3.63, 3.8) is 0 Å². The minimum absolute atomic E-state index is 0.134. The number of aryl methyl sites for hydroxylation is 1. The standard InChI is InChI=1S/C22H28F3N5O2.C2HF3O2/c1-14-12-27-21(29-20(14)30(2)3)28-17-8-6-16(7-9-17)26-13-19(31)15-4-10-18(11-5-15)32-22(23,24)25;3-2(4,5)1(6)7/h4-5,10-12,16-17,26H,6-9,13H2,1-3H3,(H,27,28,29);(H,6,7)/t16-,17+;. The van der Waals surface area contributed by atoms with E-state index in [4.69, 9.17) is 9.90 Å². The Morgan fingerprint density at radius 2 is 1.56 bits per heavy atom. The number of anilines is 2. The summed E-state index contributed by atoms with van der Waals surface area (Å²) in [7, 11) is 3.89. The maximum atomic E-state index is 12.3. The average molecular weight is 566 g/mol. The number of benzene rings is 1. The van der Waals surface area contributed by atoms with Gasteiger partial charge in [0.25, 0.3) is 0 Å². The molecule has 39 heavy (non-hydrogen) atoms. The topological polar surface area (TPSA) is 117 Å². The second kappa shape index (κ2) is 13.4. The van der Waals surface area contributed by atoms with Crippen molar-refractivity contribution in [3.05, 3.63) is 41.6 Å². The summed E-state index contributed by atoms with van der Waals surface area (Å²) in [5.41, 5.74) is 1.36. The minimum atomic E-state index is -5.08. The first kappa shape index (κ1) is 31.6. The average Bonchev–Trinajstić information content (AvgIpc) is 2.83. The minimum Gasteiger partial charge on any atom is -0.475 e. The van der Waals surface area contributed by atoms with Crippen molar-refractivity contribution in [2.24, 2.45) is 0 Å². The molecule has 2 aromatic rings. The number of alkyl halides is 6. The molecule has 0 amide bonds. The van der Waals surface area contributed by atoms with Gasteiger partial charge in [-0.05, 0) is 56.9 Å². The highest BCUT2D eigenvalue weighted by Crippen LogP contribution is 2.24. The van der Waals surface area contributed by atoms with E-state index in [0.717, 1.165) is 49.2 Å². The van der Waals surface area contributed by atoms with E-state index in [2.05, 4.69) is 25.3 Å². The number of carboxylic acids is 1. The van der Waals surface area contributed by atoms with Crippen LogP contribution in [0.25, 0.3) is 0 Å². The number of aliphatic carboxylic acids is 1. The van der Waals surface area contributed by atoms with Gasteiger partial charge in [-0.15, -0.1) is 13.2 Å². The first-order valence-electron chi connectivity index (χ1n) is 11.7. The first-order chi connectivity index (χ1) is 18.0. The van der Waals surface area contributed by atoms with Gasteiger partial charge in [0.2, 0.25) is 5.95 Å². The highest BCUT2D eigenvalue weighted by atomic mass is 19.4. The van der Waals surface area contributed by atoms with Crippen molar-refractivity contribution >= 4 is 23.5 Å². The Labute approximate surface area is 220 Å². The molecule has 0 spiro atoms. The molecule has 0 radical (unpaired) electrons. The first-order valence-corrected chi connectivity index (χ1v) is 11.7. The number of ketones is 1. The number of halogens is 6. The molecular formula is C24H29F6N5O4. The Balaban J connectivity index is 0.000000673. The van der Waals surface area contributed by atoms with Crippen LogP contribution in [-0.2, 0) is 4.79 Å². The van der Waals surface area contributed by atoms with E-state index in [1.807, 2.05) is 32.1 Å². The Morgan fingerprint density at radius 3 is 2.05 bits per heavy atom. The molecule has 0 atom stereocenters. The van der Waals surface area contributed by atoms with E-state index in [-0.39, 0.29) is 30.2 Å². The number of ether oxygens (including phenoxy) is 1. The maximum absolute atomic E-state index is 12.3. The van der Waals surface area contributed by atoms with Gasteiger partial charge in [0.05, 0.1) is 6.54 Å². The third kappa shape index (κ3) is 10.9. The third-order valence-corrected chi connectivity index (χ3v) is 5.63. The molecule has 0 aliphatic heterocycles. The van der Waals surface area contributed by atoms with Crippen LogP contribution in [0, 0.1) is 6.92 Å². The summed E-state index contributed by atoms with van der Waals surface area (Å²) in [6, 6.07) is 5.45. The highest BCUT2D eigenvalue weighted by Gasteiger charge is 2.38. The van der Waals surface area contributed by atoms with Gasteiger partial charge < -0.3 is 25.4 Å². The molecular weight excluding hydrogens is 536 g/mol. The van der Waals surface area contributed by atoms with Crippen LogP contribution in [0.15, 0.2) is 30.5 Å². The summed E-state index contributed by atoms with van der Waals surface area (Å²) in [6.45, 7) is 2.11. The van der Waals surface area contributed by atoms with Gasteiger partial charge in [0, 0.05) is 43.5 Å². The Bertz CT molecular complexity index is 1100. The fourth-order valence-corrected chi connectivity index (χ4v) is 3.76. The third-order valence-electron chi connectivity index (χ3n) is 5.63. The summed E-state index contributed by atoms with van der Waals surface area (Å²) >= 11 is 0. The molecule has 0 unspecified atom stereocenters. The highest BCUT2D eigenvalue weighted by molar-refractivity contribution is 5.97. The van der Waals surface area contributed by atoms with Crippen LogP contribution in [0.3, 0.4) is 0 Å². The molecule has 1 aliphatic rings. The van der Waals surface area contributed by atoms with Crippen LogP contribution in [0.2, 0.25) is 0 Å². The van der Waals surface area contributed by atoms with E-state index in [1.165, 1.54) is 12.1 Å². The summed E-state index contributed by atoms with van der Waals surface area (Å²) in [5, 5.41) is 13.8. The van der Waals surface area contributed by atoms with E-state index < -0.39 is 18.5 Å². The fourth-order valence-electron chi connectivity index (χ4n) is 3.76. The molecule has 1 saturated carbocycles. The van der Waals surface area contributed by atoms with Crippen molar-refractivity contribution in [1.82, 2.24) is 15.3 Å². The van der Waals surface area contributed by atoms with Gasteiger partial charge in [0.1, 0.15) is 11.6 Å². The van der Waals surface area contributed by atoms with Gasteiger partial charge >= 0.3 is 18.5 Å². The number of nitrogens with one attached hydrogen (secondary N) is 2. The predicted octanol–water partition coefficient (Wildman–Crippen LogP) is 4.58. The van der Waals surface area contributed by atoms with Gasteiger partial charge in [-0.25, -0.2) is 9.78 Å². The second-order valence-electron chi connectivity index (χ2n) is 8.97. The van der Waals surface area contributed by atoms with Crippen LogP contribution in [0.4, 0.5) is 38.1 Å². The van der Waals surface area contributed by atoms with Gasteiger partial charge in [-0.3, -0.25) is 4.79 Å². The van der Waals surface area contributed by atoms with Crippen LogP contribution in [-0.4, -0.2) is 72.1 Å². The molecule has 15 heteroatoms. The van der Waals surface area contributed by atoms with E-state index in [9.17, 15) is 31.1 Å². The number of nitrogens with zero attached hydrogens (tertiary/aromatic N) is 3. The lowest BCUT2D eigenvalue weighted by atomic mass is 9.91. The quantitative estimate of drug-likeness (QED) is 0.313. The molecule has 0 saturated heterocycles. The number of aromatic nitrogens is 2. The van der Waals surface area contributed by atoms with Crippen LogP contribution < -0.4 is 20.3 Å². The lowest BCUT2D eigenvalue weighted by Crippen LogP contribution is -2.39. The largest absolute Gasteiger partial charge is 0.573 e. The number of carbonyl (C=O) groups excluding carboxylic acids is 1. The van der Waals surface area contributed by atoms with Crippen molar-refractivity contribution in [3.8, 4) is 5.75 Å². The predicted molar refractivity (Wildman–Crippen MR) is 130 cm³/mol. The number of Topliss-reactive ketones (excluding diaryl/α,β-unsaturated/α-hetero) is 1. The monoisotopic (exact) mass is 565 g/mol. The number of hydrogen-bond donors (Lipinski definition) is 3. The Hall–Kier alpha value is -3.62. The smallest absolute Gasteiger partial charge is 0.475 e.